The van der Waals surface area contributed by atoms with E-state index in [0.29, 0.717) is 0 Å². The summed E-state index contributed by atoms with van der Waals surface area (Å²) in [4.78, 5) is 0. The molecule has 0 aromatic heterocycles. The zero-order valence-electron chi connectivity index (χ0n) is 11.6. The highest BCUT2D eigenvalue weighted by molar-refractivity contribution is 7.92. The van der Waals surface area contributed by atoms with Gasteiger partial charge in [-0.15, -0.1) is 0 Å². The molecular weight excluding hydrogens is 234 g/mol. The lowest BCUT2D eigenvalue weighted by atomic mass is 9.92. The summed E-state index contributed by atoms with van der Waals surface area (Å²) in [6.07, 6.45) is 8.82. The van der Waals surface area contributed by atoms with Gasteiger partial charge in [-0.05, 0) is 39.7 Å². The molecule has 1 fully saturated rings. The quantitative estimate of drug-likeness (QED) is 0.798. The van der Waals surface area contributed by atoms with Gasteiger partial charge in [-0.2, -0.15) is 0 Å². The minimum absolute atomic E-state index is 0.0538. The third-order valence-corrected chi connectivity index (χ3v) is 6.68. The Morgan fingerprint density at radius 1 is 1.29 bits per heavy atom. The summed E-state index contributed by atoms with van der Waals surface area (Å²) in [5.74, 6) is 0.821. The highest BCUT2D eigenvalue weighted by Gasteiger charge is 2.38. The molecule has 1 saturated carbocycles. The maximum atomic E-state index is 11.8. The van der Waals surface area contributed by atoms with Gasteiger partial charge < -0.3 is 5.32 Å². The average molecular weight is 261 g/mol. The zero-order chi connectivity index (χ0) is 13.1. The third-order valence-electron chi connectivity index (χ3n) is 4.48. The van der Waals surface area contributed by atoms with Crippen LogP contribution in [0.25, 0.3) is 0 Å². The van der Waals surface area contributed by atoms with Crippen LogP contribution in [0, 0.1) is 5.92 Å². The molecule has 3 nitrogen and oxygen atoms in total. The molecule has 1 N–H and O–H groups in total. The van der Waals surface area contributed by atoms with E-state index in [1.807, 2.05) is 20.9 Å². The van der Waals surface area contributed by atoms with Gasteiger partial charge in [-0.3, -0.25) is 0 Å². The van der Waals surface area contributed by atoms with Crippen molar-refractivity contribution < 1.29 is 8.42 Å². The molecule has 1 aliphatic rings. The Hall–Kier alpha value is -0.0900. The molecule has 0 spiro atoms. The van der Waals surface area contributed by atoms with Crippen molar-refractivity contribution in [3.05, 3.63) is 0 Å². The Kier molecular flexibility index (Phi) is 5.02. The van der Waals surface area contributed by atoms with Crippen LogP contribution in [0.4, 0.5) is 0 Å². The first-order valence-electron chi connectivity index (χ1n) is 6.66. The summed E-state index contributed by atoms with van der Waals surface area (Å²) in [6.45, 7) is 3.66. The topological polar surface area (TPSA) is 46.2 Å². The Bertz CT molecular complexity index is 329. The van der Waals surface area contributed by atoms with Gasteiger partial charge in [0.15, 0.2) is 9.84 Å². The van der Waals surface area contributed by atoms with Gasteiger partial charge in [0, 0.05) is 12.3 Å². The van der Waals surface area contributed by atoms with Gasteiger partial charge in [0.05, 0.1) is 4.75 Å². The van der Waals surface area contributed by atoms with Crippen molar-refractivity contribution in [3.8, 4) is 0 Å². The summed E-state index contributed by atoms with van der Waals surface area (Å²) >= 11 is 0. The normalized spacial score (nSPS) is 20.7. The fourth-order valence-corrected chi connectivity index (χ4v) is 3.55. The van der Waals surface area contributed by atoms with Crippen molar-refractivity contribution in [1.82, 2.24) is 5.32 Å². The molecule has 1 rings (SSSR count). The van der Waals surface area contributed by atoms with Crippen LogP contribution in [0.2, 0.25) is 0 Å². The molecular formula is C13H27NO2S. The number of rotatable bonds is 6. The molecule has 102 valence electrons. The number of sulfone groups is 1. The second kappa shape index (κ2) is 5.70. The SMILES string of the molecule is CNC(CCC1CCCC1)C(C)(C)S(C)(=O)=O. The first-order valence-corrected chi connectivity index (χ1v) is 8.55. The molecule has 0 heterocycles. The van der Waals surface area contributed by atoms with Crippen LogP contribution in [0.15, 0.2) is 0 Å². The van der Waals surface area contributed by atoms with E-state index in [1.165, 1.54) is 31.9 Å². The molecule has 0 saturated heterocycles. The smallest absolute Gasteiger partial charge is 0.154 e. The number of hydrogen-bond acceptors (Lipinski definition) is 3. The molecule has 0 aliphatic heterocycles. The number of hydrogen-bond donors (Lipinski definition) is 1. The Morgan fingerprint density at radius 3 is 2.24 bits per heavy atom. The number of nitrogens with one attached hydrogen (secondary N) is 1. The molecule has 1 atom stereocenters. The highest BCUT2D eigenvalue weighted by Crippen LogP contribution is 2.31. The average Bonchev–Trinajstić information content (AvgIpc) is 2.69. The monoisotopic (exact) mass is 261 g/mol. The second-order valence-corrected chi connectivity index (χ2v) is 8.54. The van der Waals surface area contributed by atoms with Crippen LogP contribution in [-0.4, -0.2) is 32.5 Å². The lowest BCUT2D eigenvalue weighted by Gasteiger charge is -2.33. The van der Waals surface area contributed by atoms with Crippen molar-refractivity contribution in [2.24, 2.45) is 5.92 Å². The molecule has 0 amide bonds. The Morgan fingerprint density at radius 2 is 1.82 bits per heavy atom. The summed E-state index contributed by atoms with van der Waals surface area (Å²) in [6, 6.07) is 0.0538. The van der Waals surface area contributed by atoms with Crippen LogP contribution in [-0.2, 0) is 9.84 Å². The Labute approximate surface area is 106 Å². The van der Waals surface area contributed by atoms with E-state index in [4.69, 9.17) is 0 Å². The highest BCUT2D eigenvalue weighted by atomic mass is 32.2. The molecule has 17 heavy (non-hydrogen) atoms. The lowest BCUT2D eigenvalue weighted by molar-refractivity contribution is 0.365. The summed E-state index contributed by atoms with van der Waals surface area (Å²) in [5.41, 5.74) is 0. The van der Waals surface area contributed by atoms with Gasteiger partial charge >= 0.3 is 0 Å². The van der Waals surface area contributed by atoms with E-state index in [2.05, 4.69) is 5.32 Å². The van der Waals surface area contributed by atoms with Gasteiger partial charge in [-0.1, -0.05) is 25.7 Å². The largest absolute Gasteiger partial charge is 0.315 e. The van der Waals surface area contributed by atoms with E-state index in [1.54, 1.807) is 0 Å². The summed E-state index contributed by atoms with van der Waals surface area (Å²) in [7, 11) is -1.15. The fraction of sp³-hybridized carbons (Fsp3) is 1.00. The van der Waals surface area contributed by atoms with E-state index in [-0.39, 0.29) is 6.04 Å². The first kappa shape index (κ1) is 15.0. The van der Waals surface area contributed by atoms with E-state index >= 15 is 0 Å². The van der Waals surface area contributed by atoms with Crippen LogP contribution in [0.1, 0.15) is 52.4 Å². The predicted molar refractivity (Wildman–Crippen MR) is 73.0 cm³/mol. The molecule has 4 heteroatoms. The van der Waals surface area contributed by atoms with E-state index < -0.39 is 14.6 Å². The van der Waals surface area contributed by atoms with Crippen molar-refractivity contribution in [2.45, 2.75) is 63.2 Å². The minimum atomic E-state index is -3.02. The maximum absolute atomic E-state index is 11.8. The zero-order valence-corrected chi connectivity index (χ0v) is 12.4. The summed E-state index contributed by atoms with van der Waals surface area (Å²) in [5, 5.41) is 3.19. The van der Waals surface area contributed by atoms with Crippen molar-refractivity contribution in [1.29, 1.82) is 0 Å². The molecule has 0 radical (unpaired) electrons. The van der Waals surface area contributed by atoms with Gasteiger partial charge in [0.2, 0.25) is 0 Å². The van der Waals surface area contributed by atoms with Crippen molar-refractivity contribution in [3.63, 3.8) is 0 Å². The van der Waals surface area contributed by atoms with Crippen molar-refractivity contribution in [2.75, 3.05) is 13.3 Å². The third kappa shape index (κ3) is 3.68. The van der Waals surface area contributed by atoms with E-state index in [9.17, 15) is 8.42 Å². The Balaban J connectivity index is 2.58. The molecule has 0 bridgehead atoms. The molecule has 0 aromatic rings. The molecule has 0 aromatic carbocycles. The van der Waals surface area contributed by atoms with Gasteiger partial charge in [0.25, 0.3) is 0 Å². The summed E-state index contributed by atoms with van der Waals surface area (Å²) < 4.78 is 22.9. The van der Waals surface area contributed by atoms with Crippen LogP contribution in [0.5, 0.6) is 0 Å². The van der Waals surface area contributed by atoms with Crippen LogP contribution < -0.4 is 5.32 Å². The molecule has 1 unspecified atom stereocenters. The van der Waals surface area contributed by atoms with E-state index in [0.717, 1.165) is 18.8 Å². The minimum Gasteiger partial charge on any atom is -0.315 e. The lowest BCUT2D eigenvalue weighted by Crippen LogP contribution is -2.50. The standard InChI is InChI=1S/C13H27NO2S/c1-13(2,17(4,15)16)12(14-3)10-9-11-7-5-6-8-11/h11-12,14H,5-10H2,1-4H3. The molecule has 1 aliphatic carbocycles. The second-order valence-electron chi connectivity index (χ2n) is 5.94. The fourth-order valence-electron chi connectivity index (χ4n) is 2.80. The van der Waals surface area contributed by atoms with Gasteiger partial charge in [0.1, 0.15) is 0 Å². The van der Waals surface area contributed by atoms with Crippen LogP contribution >= 0.6 is 0 Å². The predicted octanol–water partition coefficient (Wildman–Crippen LogP) is 2.37. The maximum Gasteiger partial charge on any atom is 0.154 e. The van der Waals surface area contributed by atoms with Crippen molar-refractivity contribution >= 4 is 9.84 Å². The van der Waals surface area contributed by atoms with Gasteiger partial charge in [-0.25, -0.2) is 8.42 Å². The first-order chi connectivity index (χ1) is 7.79. The van der Waals surface area contributed by atoms with Crippen LogP contribution in [0.3, 0.4) is 0 Å².